The first-order chi connectivity index (χ1) is 9.08. The number of rotatable bonds is 4. The molecule has 0 aliphatic carbocycles. The van der Waals surface area contributed by atoms with Gasteiger partial charge in [0.25, 0.3) is 0 Å². The van der Waals surface area contributed by atoms with Crippen molar-refractivity contribution in [3.63, 3.8) is 0 Å². The van der Waals surface area contributed by atoms with E-state index in [1.165, 1.54) is 5.56 Å². The molecule has 0 atom stereocenters. The van der Waals surface area contributed by atoms with Crippen LogP contribution in [0.5, 0.6) is 0 Å². The lowest BCUT2D eigenvalue weighted by molar-refractivity contribution is 0.831. The Balaban J connectivity index is 2.29. The summed E-state index contributed by atoms with van der Waals surface area (Å²) in [5.74, 6) is 1.65. The maximum Gasteiger partial charge on any atom is 0.135 e. The minimum Gasteiger partial charge on any atom is -0.339 e. The molecule has 0 fully saturated rings. The van der Waals surface area contributed by atoms with Crippen molar-refractivity contribution < 1.29 is 0 Å². The molecule has 1 aromatic heterocycles. The Morgan fingerprint density at radius 1 is 1.16 bits per heavy atom. The van der Waals surface area contributed by atoms with E-state index in [4.69, 9.17) is 0 Å². The fourth-order valence-corrected chi connectivity index (χ4v) is 2.50. The van der Waals surface area contributed by atoms with E-state index in [1.54, 1.807) is 0 Å². The van der Waals surface area contributed by atoms with Gasteiger partial charge in [0.05, 0.1) is 5.69 Å². The van der Waals surface area contributed by atoms with Crippen LogP contribution in [-0.4, -0.2) is 9.97 Å². The number of aryl methyl sites for hydroxylation is 2. The second-order valence-corrected chi connectivity index (χ2v) is 6.02. The van der Waals surface area contributed by atoms with E-state index in [0.717, 1.165) is 39.2 Å². The summed E-state index contributed by atoms with van der Waals surface area (Å²) in [6.45, 7) is 4.19. The van der Waals surface area contributed by atoms with Crippen LogP contribution in [0.15, 0.2) is 33.3 Å². The van der Waals surface area contributed by atoms with Gasteiger partial charge in [-0.05, 0) is 62.9 Å². The van der Waals surface area contributed by atoms with Crippen molar-refractivity contribution in [3.8, 4) is 0 Å². The third-order valence-corrected chi connectivity index (χ3v) is 3.70. The smallest absolute Gasteiger partial charge is 0.135 e. The zero-order valence-corrected chi connectivity index (χ0v) is 14.0. The van der Waals surface area contributed by atoms with Gasteiger partial charge in [-0.25, -0.2) is 9.97 Å². The van der Waals surface area contributed by atoms with E-state index < -0.39 is 0 Å². The summed E-state index contributed by atoms with van der Waals surface area (Å²) in [6.07, 6.45) is 1.91. The van der Waals surface area contributed by atoms with Crippen molar-refractivity contribution in [2.75, 3.05) is 5.32 Å². The van der Waals surface area contributed by atoms with E-state index in [2.05, 4.69) is 73.1 Å². The number of nitrogens with one attached hydrogen (secondary N) is 1. The Bertz CT molecular complexity index is 585. The van der Waals surface area contributed by atoms with Gasteiger partial charge in [-0.3, -0.25) is 0 Å². The monoisotopic (exact) mass is 383 g/mol. The molecule has 0 saturated carbocycles. The van der Waals surface area contributed by atoms with Crippen LogP contribution in [0, 0.1) is 6.92 Å². The molecule has 1 aromatic carbocycles. The summed E-state index contributed by atoms with van der Waals surface area (Å²) >= 11 is 6.96. The summed E-state index contributed by atoms with van der Waals surface area (Å²) in [4.78, 5) is 8.88. The minimum atomic E-state index is 0.802. The number of anilines is 2. The van der Waals surface area contributed by atoms with E-state index >= 15 is 0 Å². The topological polar surface area (TPSA) is 37.8 Å². The Morgan fingerprint density at radius 3 is 2.68 bits per heavy atom. The van der Waals surface area contributed by atoms with Gasteiger partial charge in [-0.2, -0.15) is 0 Å². The molecule has 2 rings (SSSR count). The number of hydrogen-bond donors (Lipinski definition) is 1. The van der Waals surface area contributed by atoms with Crippen molar-refractivity contribution in [1.29, 1.82) is 0 Å². The quantitative estimate of drug-likeness (QED) is 0.753. The average molecular weight is 385 g/mol. The fourth-order valence-electron chi connectivity index (χ4n) is 1.74. The molecule has 1 heterocycles. The lowest BCUT2D eigenvalue weighted by Crippen LogP contribution is -2.01. The summed E-state index contributed by atoms with van der Waals surface area (Å²) < 4.78 is 1.82. The summed E-state index contributed by atoms with van der Waals surface area (Å²) in [5.41, 5.74) is 2.21. The predicted molar refractivity (Wildman–Crippen MR) is 85.9 cm³/mol. The Labute approximate surface area is 130 Å². The first kappa shape index (κ1) is 14.5. The molecule has 0 aliphatic heterocycles. The molecule has 19 heavy (non-hydrogen) atoms. The zero-order valence-electron chi connectivity index (χ0n) is 10.9. The Hall–Kier alpha value is -0.940. The molecular weight excluding hydrogens is 370 g/mol. The molecule has 100 valence electrons. The van der Waals surface area contributed by atoms with E-state index in [0.29, 0.717) is 0 Å². The second kappa shape index (κ2) is 6.48. The SMILES string of the molecule is CCCc1nc(Br)cc(Nc2cc(C)ccc2Br)n1. The molecule has 0 spiro atoms. The summed E-state index contributed by atoms with van der Waals surface area (Å²) in [5, 5.41) is 3.32. The van der Waals surface area contributed by atoms with Crippen molar-refractivity contribution in [2.24, 2.45) is 0 Å². The highest BCUT2D eigenvalue weighted by Crippen LogP contribution is 2.27. The number of nitrogens with zero attached hydrogens (tertiary/aromatic N) is 2. The molecule has 2 aromatic rings. The van der Waals surface area contributed by atoms with Gasteiger partial charge >= 0.3 is 0 Å². The maximum atomic E-state index is 4.52. The third kappa shape index (κ3) is 4.01. The molecule has 0 bridgehead atoms. The van der Waals surface area contributed by atoms with Crippen molar-refractivity contribution in [3.05, 3.63) is 44.7 Å². The van der Waals surface area contributed by atoms with Crippen LogP contribution in [-0.2, 0) is 6.42 Å². The van der Waals surface area contributed by atoms with Crippen LogP contribution in [0.25, 0.3) is 0 Å². The van der Waals surface area contributed by atoms with Crippen molar-refractivity contribution in [2.45, 2.75) is 26.7 Å². The highest BCUT2D eigenvalue weighted by atomic mass is 79.9. The van der Waals surface area contributed by atoms with Crippen LogP contribution in [0.1, 0.15) is 24.7 Å². The molecule has 0 aliphatic rings. The van der Waals surface area contributed by atoms with Gasteiger partial charge in [0.1, 0.15) is 16.2 Å². The molecule has 5 heteroatoms. The predicted octanol–water partition coefficient (Wildman–Crippen LogP) is 5.01. The van der Waals surface area contributed by atoms with E-state index in [9.17, 15) is 0 Å². The lowest BCUT2D eigenvalue weighted by Gasteiger charge is -2.10. The Morgan fingerprint density at radius 2 is 1.95 bits per heavy atom. The minimum absolute atomic E-state index is 0.802. The van der Waals surface area contributed by atoms with Crippen LogP contribution >= 0.6 is 31.9 Å². The summed E-state index contributed by atoms with van der Waals surface area (Å²) in [6, 6.07) is 8.06. The molecule has 0 saturated heterocycles. The first-order valence-electron chi connectivity index (χ1n) is 6.15. The fraction of sp³-hybridized carbons (Fsp3) is 0.286. The van der Waals surface area contributed by atoms with E-state index in [1.807, 2.05) is 12.1 Å². The number of halogens is 2. The molecule has 0 unspecified atom stereocenters. The lowest BCUT2D eigenvalue weighted by atomic mass is 10.2. The maximum absolute atomic E-state index is 4.52. The van der Waals surface area contributed by atoms with Gasteiger partial charge in [0.2, 0.25) is 0 Å². The largest absolute Gasteiger partial charge is 0.339 e. The van der Waals surface area contributed by atoms with E-state index in [-0.39, 0.29) is 0 Å². The van der Waals surface area contributed by atoms with Crippen LogP contribution in [0.2, 0.25) is 0 Å². The molecule has 1 N–H and O–H groups in total. The van der Waals surface area contributed by atoms with Gasteiger partial charge in [0, 0.05) is 17.0 Å². The van der Waals surface area contributed by atoms with Gasteiger partial charge in [0.15, 0.2) is 0 Å². The zero-order chi connectivity index (χ0) is 13.8. The van der Waals surface area contributed by atoms with Crippen molar-refractivity contribution in [1.82, 2.24) is 9.97 Å². The summed E-state index contributed by atoms with van der Waals surface area (Å²) in [7, 11) is 0. The second-order valence-electron chi connectivity index (χ2n) is 4.35. The van der Waals surface area contributed by atoms with Crippen LogP contribution < -0.4 is 5.32 Å². The molecule has 0 radical (unpaired) electrons. The average Bonchev–Trinajstić information content (AvgIpc) is 2.33. The van der Waals surface area contributed by atoms with Gasteiger partial charge in [-0.1, -0.05) is 13.0 Å². The highest BCUT2D eigenvalue weighted by Gasteiger charge is 2.05. The van der Waals surface area contributed by atoms with Crippen LogP contribution in [0.3, 0.4) is 0 Å². The highest BCUT2D eigenvalue weighted by molar-refractivity contribution is 9.10. The van der Waals surface area contributed by atoms with Gasteiger partial charge < -0.3 is 5.32 Å². The van der Waals surface area contributed by atoms with Gasteiger partial charge in [-0.15, -0.1) is 0 Å². The third-order valence-electron chi connectivity index (χ3n) is 2.60. The molecule has 3 nitrogen and oxygen atoms in total. The Kier molecular flexibility index (Phi) is 4.93. The number of benzene rings is 1. The number of hydrogen-bond acceptors (Lipinski definition) is 3. The molecular formula is C14H15Br2N3. The normalized spacial score (nSPS) is 10.5. The van der Waals surface area contributed by atoms with Crippen molar-refractivity contribution >= 4 is 43.4 Å². The number of aromatic nitrogens is 2. The molecule has 0 amide bonds. The van der Waals surface area contributed by atoms with Crippen LogP contribution in [0.4, 0.5) is 11.5 Å². The first-order valence-corrected chi connectivity index (χ1v) is 7.73. The standard InChI is InChI=1S/C14H15Br2N3/c1-3-4-13-18-12(16)8-14(19-13)17-11-7-9(2)5-6-10(11)15/h5-8H,3-4H2,1-2H3,(H,17,18,19).